The third kappa shape index (κ3) is 2.50. The van der Waals surface area contributed by atoms with E-state index in [0.717, 1.165) is 5.56 Å². The van der Waals surface area contributed by atoms with Gasteiger partial charge in [-0.05, 0) is 19.1 Å². The summed E-state index contributed by atoms with van der Waals surface area (Å²) in [7, 11) is 0. The molecule has 0 aliphatic carbocycles. The van der Waals surface area contributed by atoms with Crippen molar-refractivity contribution < 1.29 is 19.1 Å². The maximum absolute atomic E-state index is 12.0. The molecule has 0 bridgehead atoms. The van der Waals surface area contributed by atoms with E-state index in [0.29, 0.717) is 5.56 Å². The van der Waals surface area contributed by atoms with Crippen LogP contribution in [0.25, 0.3) is 0 Å². The molecule has 5 nitrogen and oxygen atoms in total. The van der Waals surface area contributed by atoms with Crippen LogP contribution in [0.4, 0.5) is 0 Å². The number of carbonyl (C=O) groups is 3. The van der Waals surface area contributed by atoms with Gasteiger partial charge in [0.05, 0.1) is 0 Å². The van der Waals surface area contributed by atoms with Crippen molar-refractivity contribution in [1.29, 1.82) is 0 Å². The van der Waals surface area contributed by atoms with Crippen LogP contribution in [0.1, 0.15) is 15.9 Å². The van der Waals surface area contributed by atoms with Gasteiger partial charge < -0.3 is 9.64 Å². The van der Waals surface area contributed by atoms with Crippen LogP contribution in [0.2, 0.25) is 0 Å². The highest BCUT2D eigenvalue weighted by atomic mass is 16.6. The lowest BCUT2D eigenvalue weighted by Gasteiger charge is -2.24. The molecule has 0 unspecified atom stereocenters. The number of amides is 1. The maximum atomic E-state index is 12.0. The van der Waals surface area contributed by atoms with Gasteiger partial charge in [-0.2, -0.15) is 0 Å². The van der Waals surface area contributed by atoms with Crippen molar-refractivity contribution in [3.63, 3.8) is 0 Å². The summed E-state index contributed by atoms with van der Waals surface area (Å²) in [6, 6.07) is 6.99. The van der Waals surface area contributed by atoms with Crippen LogP contribution in [-0.2, 0) is 14.3 Å². The summed E-state index contributed by atoms with van der Waals surface area (Å²) in [6.07, 6.45) is 0. The van der Waals surface area contributed by atoms with E-state index in [9.17, 15) is 14.4 Å². The summed E-state index contributed by atoms with van der Waals surface area (Å²) < 4.78 is 4.35. The second-order valence-corrected chi connectivity index (χ2v) is 3.88. The van der Waals surface area contributed by atoms with Gasteiger partial charge in [0.1, 0.15) is 13.1 Å². The van der Waals surface area contributed by atoms with E-state index in [1.807, 2.05) is 13.0 Å². The van der Waals surface area contributed by atoms with Crippen molar-refractivity contribution in [2.75, 3.05) is 13.1 Å². The van der Waals surface area contributed by atoms with Crippen LogP contribution in [0.15, 0.2) is 24.3 Å². The Bertz CT molecular complexity index is 479. The lowest BCUT2D eigenvalue weighted by molar-refractivity contribution is -0.165. The SMILES string of the molecule is Cc1cccc(C(=O)N2CC(=O)OC(=O)C2)c1. The van der Waals surface area contributed by atoms with Crippen molar-refractivity contribution in [2.45, 2.75) is 6.92 Å². The van der Waals surface area contributed by atoms with Gasteiger partial charge in [-0.3, -0.25) is 4.79 Å². The quantitative estimate of drug-likeness (QED) is 0.524. The van der Waals surface area contributed by atoms with Gasteiger partial charge in [-0.25, -0.2) is 9.59 Å². The first-order valence-electron chi connectivity index (χ1n) is 5.16. The van der Waals surface area contributed by atoms with Crippen molar-refractivity contribution in [1.82, 2.24) is 4.90 Å². The average molecular weight is 233 g/mol. The molecule has 0 aromatic heterocycles. The molecule has 1 aliphatic rings. The molecule has 88 valence electrons. The number of carbonyl (C=O) groups excluding carboxylic acids is 3. The Kier molecular flexibility index (Phi) is 2.91. The molecular formula is C12H11NO4. The Morgan fingerprint density at radius 3 is 2.47 bits per heavy atom. The minimum Gasteiger partial charge on any atom is -0.390 e. The van der Waals surface area contributed by atoms with E-state index >= 15 is 0 Å². The van der Waals surface area contributed by atoms with Crippen molar-refractivity contribution in [3.05, 3.63) is 35.4 Å². The summed E-state index contributed by atoms with van der Waals surface area (Å²) in [5.74, 6) is -1.72. The topological polar surface area (TPSA) is 63.7 Å². The van der Waals surface area contributed by atoms with Gasteiger partial charge >= 0.3 is 11.9 Å². The summed E-state index contributed by atoms with van der Waals surface area (Å²) in [5.41, 5.74) is 1.41. The minimum atomic E-state index is -0.692. The molecule has 5 heteroatoms. The zero-order valence-corrected chi connectivity index (χ0v) is 9.30. The zero-order valence-electron chi connectivity index (χ0n) is 9.30. The molecule has 1 fully saturated rings. The van der Waals surface area contributed by atoms with E-state index in [2.05, 4.69) is 4.74 Å². The van der Waals surface area contributed by atoms with Crippen LogP contribution in [0.3, 0.4) is 0 Å². The highest BCUT2D eigenvalue weighted by Gasteiger charge is 2.28. The first-order valence-corrected chi connectivity index (χ1v) is 5.16. The summed E-state index contributed by atoms with van der Waals surface area (Å²) in [6.45, 7) is 1.50. The van der Waals surface area contributed by atoms with E-state index in [1.54, 1.807) is 18.2 Å². The van der Waals surface area contributed by atoms with E-state index < -0.39 is 11.9 Å². The summed E-state index contributed by atoms with van der Waals surface area (Å²) in [5, 5.41) is 0. The van der Waals surface area contributed by atoms with Gasteiger partial charge in [0.15, 0.2) is 0 Å². The molecule has 0 saturated carbocycles. The number of ether oxygens (including phenoxy) is 1. The van der Waals surface area contributed by atoms with Gasteiger partial charge in [0.25, 0.3) is 5.91 Å². The molecule has 1 heterocycles. The Hall–Kier alpha value is -2.17. The summed E-state index contributed by atoms with van der Waals surface area (Å²) in [4.78, 5) is 35.3. The van der Waals surface area contributed by atoms with Crippen LogP contribution in [0.5, 0.6) is 0 Å². The van der Waals surface area contributed by atoms with E-state index in [1.165, 1.54) is 4.90 Å². The second-order valence-electron chi connectivity index (χ2n) is 3.88. The third-order valence-electron chi connectivity index (χ3n) is 2.42. The number of morpholine rings is 1. The molecule has 0 N–H and O–H groups in total. The molecule has 1 amide bonds. The first kappa shape index (κ1) is 11.3. The van der Waals surface area contributed by atoms with E-state index in [-0.39, 0.29) is 19.0 Å². The third-order valence-corrected chi connectivity index (χ3v) is 2.42. The fraction of sp³-hybridized carbons (Fsp3) is 0.250. The Morgan fingerprint density at radius 1 is 1.24 bits per heavy atom. The van der Waals surface area contributed by atoms with Crippen LogP contribution < -0.4 is 0 Å². The second kappa shape index (κ2) is 4.37. The van der Waals surface area contributed by atoms with Crippen molar-refractivity contribution in [2.24, 2.45) is 0 Å². The van der Waals surface area contributed by atoms with Gasteiger partial charge in [0.2, 0.25) is 0 Å². The Labute approximate surface area is 98.0 Å². The lowest BCUT2D eigenvalue weighted by atomic mass is 10.1. The van der Waals surface area contributed by atoms with Crippen LogP contribution in [-0.4, -0.2) is 35.8 Å². The number of esters is 2. The van der Waals surface area contributed by atoms with Crippen LogP contribution in [0, 0.1) is 6.92 Å². The molecule has 2 rings (SSSR count). The number of hydrogen-bond donors (Lipinski definition) is 0. The number of rotatable bonds is 1. The molecule has 0 radical (unpaired) electrons. The fourth-order valence-electron chi connectivity index (χ4n) is 1.66. The van der Waals surface area contributed by atoms with E-state index in [4.69, 9.17) is 0 Å². The minimum absolute atomic E-state index is 0.182. The first-order chi connectivity index (χ1) is 8.06. The van der Waals surface area contributed by atoms with Crippen molar-refractivity contribution in [3.8, 4) is 0 Å². The molecule has 0 spiro atoms. The lowest BCUT2D eigenvalue weighted by Crippen LogP contribution is -2.46. The molecule has 1 aromatic carbocycles. The number of aryl methyl sites for hydroxylation is 1. The molecule has 1 aromatic rings. The van der Waals surface area contributed by atoms with Gasteiger partial charge in [-0.15, -0.1) is 0 Å². The standard InChI is InChI=1S/C12H11NO4/c1-8-3-2-4-9(5-8)12(16)13-6-10(14)17-11(15)7-13/h2-5H,6-7H2,1H3. The molecule has 1 aliphatic heterocycles. The largest absolute Gasteiger partial charge is 0.390 e. The number of benzene rings is 1. The molecule has 17 heavy (non-hydrogen) atoms. The van der Waals surface area contributed by atoms with Crippen LogP contribution >= 0.6 is 0 Å². The molecular weight excluding hydrogens is 222 g/mol. The normalized spacial score (nSPS) is 15.7. The highest BCUT2D eigenvalue weighted by Crippen LogP contribution is 2.10. The van der Waals surface area contributed by atoms with Gasteiger partial charge in [0, 0.05) is 5.56 Å². The number of nitrogens with zero attached hydrogens (tertiary/aromatic N) is 1. The average Bonchev–Trinajstić information content (AvgIpc) is 2.26. The monoisotopic (exact) mass is 233 g/mol. The van der Waals surface area contributed by atoms with Gasteiger partial charge in [-0.1, -0.05) is 17.7 Å². The number of cyclic esters (lactones) is 2. The predicted molar refractivity (Wildman–Crippen MR) is 58.2 cm³/mol. The predicted octanol–water partition coefficient (Wildman–Crippen LogP) is 0.521. The zero-order chi connectivity index (χ0) is 12.4. The fourth-order valence-corrected chi connectivity index (χ4v) is 1.66. The maximum Gasteiger partial charge on any atom is 0.333 e. The Balaban J connectivity index is 2.20. The smallest absolute Gasteiger partial charge is 0.333 e. The molecule has 0 atom stereocenters. The Morgan fingerprint density at radius 2 is 1.88 bits per heavy atom. The van der Waals surface area contributed by atoms with Crippen molar-refractivity contribution >= 4 is 17.8 Å². The molecule has 1 saturated heterocycles. The number of hydrogen-bond acceptors (Lipinski definition) is 4. The summed E-state index contributed by atoms with van der Waals surface area (Å²) >= 11 is 0. The highest BCUT2D eigenvalue weighted by molar-refractivity contribution is 6.01.